The van der Waals surface area contributed by atoms with E-state index < -0.39 is 0 Å². The number of nitrogens with two attached hydrogens (primary N) is 1. The zero-order valence-electron chi connectivity index (χ0n) is 7.23. The molecular weight excluding hydrogens is 170 g/mol. The second-order valence-corrected chi connectivity index (χ2v) is 2.61. The van der Waals surface area contributed by atoms with Gasteiger partial charge in [0.15, 0.2) is 11.5 Å². The molecule has 1 aromatic carbocycles. The van der Waals surface area contributed by atoms with E-state index in [4.69, 9.17) is 15.6 Å². The summed E-state index contributed by atoms with van der Waals surface area (Å²) >= 11 is 0. The molecule has 72 valence electrons. The molecule has 0 aliphatic heterocycles. The molecule has 0 spiro atoms. The second kappa shape index (κ2) is 4.57. The Bertz CT molecular complexity index is 276. The minimum absolute atomic E-state index is 0.176. The van der Waals surface area contributed by atoms with E-state index in [2.05, 4.69) is 0 Å². The fraction of sp³-hybridized carbons (Fsp3) is 0.333. The monoisotopic (exact) mass is 183 g/mol. The fourth-order valence-corrected chi connectivity index (χ4v) is 0.893. The van der Waals surface area contributed by atoms with E-state index in [1.807, 2.05) is 0 Å². The number of benzene rings is 1. The Hall–Kier alpha value is -1.42. The first-order chi connectivity index (χ1) is 6.25. The van der Waals surface area contributed by atoms with Crippen molar-refractivity contribution < 1.29 is 14.9 Å². The molecule has 0 fully saturated rings. The highest BCUT2D eigenvalue weighted by Gasteiger charge is 2.05. The summed E-state index contributed by atoms with van der Waals surface area (Å²) in [6, 6.07) is 4.59. The Morgan fingerprint density at radius 1 is 1.31 bits per heavy atom. The molecule has 0 heterocycles. The average Bonchev–Trinajstić information content (AvgIpc) is 2.13. The van der Waals surface area contributed by atoms with Crippen molar-refractivity contribution in [1.82, 2.24) is 0 Å². The van der Waals surface area contributed by atoms with E-state index in [-0.39, 0.29) is 17.2 Å². The molecule has 0 atom stereocenters. The molecule has 0 aliphatic carbocycles. The van der Waals surface area contributed by atoms with Crippen molar-refractivity contribution in [3.8, 4) is 17.2 Å². The van der Waals surface area contributed by atoms with Crippen molar-refractivity contribution >= 4 is 0 Å². The zero-order valence-corrected chi connectivity index (χ0v) is 7.23. The lowest BCUT2D eigenvalue weighted by Gasteiger charge is -2.07. The molecule has 4 N–H and O–H groups in total. The number of rotatable bonds is 4. The second-order valence-electron chi connectivity index (χ2n) is 2.61. The average molecular weight is 183 g/mol. The quantitative estimate of drug-likeness (QED) is 0.477. The Morgan fingerprint density at radius 2 is 2.08 bits per heavy atom. The summed E-state index contributed by atoms with van der Waals surface area (Å²) in [6.45, 7) is 0.979. The van der Waals surface area contributed by atoms with E-state index in [0.717, 1.165) is 6.42 Å². The highest BCUT2D eigenvalue weighted by atomic mass is 16.5. The number of hydrogen-bond donors (Lipinski definition) is 3. The van der Waals surface area contributed by atoms with Crippen molar-refractivity contribution in [2.75, 3.05) is 13.2 Å². The van der Waals surface area contributed by atoms with Crippen LogP contribution in [0.25, 0.3) is 0 Å². The number of ether oxygens (including phenoxy) is 1. The van der Waals surface area contributed by atoms with Crippen LogP contribution >= 0.6 is 0 Å². The van der Waals surface area contributed by atoms with Gasteiger partial charge in [0, 0.05) is 0 Å². The molecule has 1 aromatic rings. The van der Waals surface area contributed by atoms with Crippen molar-refractivity contribution in [1.29, 1.82) is 0 Å². The summed E-state index contributed by atoms with van der Waals surface area (Å²) in [5.74, 6) is -0.113. The molecule has 0 aromatic heterocycles. The third-order valence-electron chi connectivity index (χ3n) is 1.58. The number of phenolic OH excluding ortho intramolecular Hbond substituents is 2. The molecule has 0 saturated carbocycles. The summed E-state index contributed by atoms with van der Waals surface area (Å²) < 4.78 is 5.17. The van der Waals surface area contributed by atoms with Crippen molar-refractivity contribution in [3.05, 3.63) is 18.2 Å². The summed E-state index contributed by atoms with van der Waals surface area (Å²) in [6.07, 6.45) is 0.717. The van der Waals surface area contributed by atoms with Gasteiger partial charge >= 0.3 is 0 Å². The van der Waals surface area contributed by atoms with E-state index in [9.17, 15) is 5.11 Å². The Balaban J connectivity index is 2.61. The number of aromatic hydroxyl groups is 2. The topological polar surface area (TPSA) is 75.7 Å². The molecule has 0 bridgehead atoms. The van der Waals surface area contributed by atoms with Crippen LogP contribution in [-0.4, -0.2) is 23.4 Å². The van der Waals surface area contributed by atoms with E-state index in [1.165, 1.54) is 6.07 Å². The van der Waals surface area contributed by atoms with E-state index >= 15 is 0 Å². The van der Waals surface area contributed by atoms with E-state index in [0.29, 0.717) is 13.2 Å². The molecule has 0 unspecified atom stereocenters. The van der Waals surface area contributed by atoms with Crippen LogP contribution in [0.1, 0.15) is 6.42 Å². The Labute approximate surface area is 76.6 Å². The number of para-hydroxylation sites is 1. The van der Waals surface area contributed by atoms with Gasteiger partial charge in [-0.25, -0.2) is 0 Å². The minimum atomic E-state index is -0.223. The van der Waals surface area contributed by atoms with Crippen LogP contribution in [0.5, 0.6) is 17.2 Å². The van der Waals surface area contributed by atoms with Crippen molar-refractivity contribution in [3.63, 3.8) is 0 Å². The largest absolute Gasteiger partial charge is 0.504 e. The first kappa shape index (κ1) is 9.67. The lowest BCUT2D eigenvalue weighted by Crippen LogP contribution is -2.06. The lowest BCUT2D eigenvalue weighted by molar-refractivity contribution is 0.290. The predicted molar refractivity (Wildman–Crippen MR) is 48.9 cm³/mol. The van der Waals surface area contributed by atoms with Gasteiger partial charge in [0.25, 0.3) is 0 Å². The highest BCUT2D eigenvalue weighted by molar-refractivity contribution is 5.48. The number of phenols is 2. The van der Waals surface area contributed by atoms with Crippen LogP contribution in [0, 0.1) is 0 Å². The van der Waals surface area contributed by atoms with Gasteiger partial charge in [-0.1, -0.05) is 6.07 Å². The number of hydrogen-bond acceptors (Lipinski definition) is 4. The van der Waals surface area contributed by atoms with Gasteiger partial charge in [0.2, 0.25) is 5.75 Å². The molecule has 4 nitrogen and oxygen atoms in total. The van der Waals surface area contributed by atoms with Gasteiger partial charge in [0.1, 0.15) is 0 Å². The maximum Gasteiger partial charge on any atom is 0.200 e. The first-order valence-corrected chi connectivity index (χ1v) is 4.09. The van der Waals surface area contributed by atoms with Crippen LogP contribution in [0.15, 0.2) is 18.2 Å². The van der Waals surface area contributed by atoms with Gasteiger partial charge in [-0.3, -0.25) is 0 Å². The van der Waals surface area contributed by atoms with Crippen molar-refractivity contribution in [2.24, 2.45) is 5.73 Å². The molecule has 4 heteroatoms. The van der Waals surface area contributed by atoms with Crippen LogP contribution in [-0.2, 0) is 0 Å². The highest BCUT2D eigenvalue weighted by Crippen LogP contribution is 2.34. The summed E-state index contributed by atoms with van der Waals surface area (Å²) in [4.78, 5) is 0. The van der Waals surface area contributed by atoms with Gasteiger partial charge in [-0.15, -0.1) is 0 Å². The first-order valence-electron chi connectivity index (χ1n) is 4.09. The SMILES string of the molecule is NCCCOc1cccc(O)c1O. The summed E-state index contributed by atoms with van der Waals surface area (Å²) in [5, 5.41) is 18.4. The van der Waals surface area contributed by atoms with Crippen LogP contribution in [0.3, 0.4) is 0 Å². The van der Waals surface area contributed by atoms with Gasteiger partial charge in [0.05, 0.1) is 6.61 Å². The standard InChI is InChI=1S/C9H13NO3/c10-5-2-6-13-8-4-1-3-7(11)9(8)12/h1,3-4,11-12H,2,5-6,10H2. The van der Waals surface area contributed by atoms with Gasteiger partial charge in [-0.05, 0) is 25.1 Å². The summed E-state index contributed by atoms with van der Waals surface area (Å²) in [5.41, 5.74) is 5.27. The molecular formula is C9H13NO3. The minimum Gasteiger partial charge on any atom is -0.504 e. The fourth-order valence-electron chi connectivity index (χ4n) is 0.893. The Morgan fingerprint density at radius 3 is 2.77 bits per heavy atom. The maximum absolute atomic E-state index is 9.29. The van der Waals surface area contributed by atoms with Crippen LogP contribution in [0.4, 0.5) is 0 Å². The third kappa shape index (κ3) is 2.52. The molecule has 1 rings (SSSR count). The molecule has 0 aliphatic rings. The van der Waals surface area contributed by atoms with Crippen molar-refractivity contribution in [2.45, 2.75) is 6.42 Å². The van der Waals surface area contributed by atoms with Crippen LogP contribution < -0.4 is 10.5 Å². The lowest BCUT2D eigenvalue weighted by atomic mass is 10.3. The Kier molecular flexibility index (Phi) is 3.40. The zero-order chi connectivity index (χ0) is 9.68. The molecule has 0 saturated heterocycles. The van der Waals surface area contributed by atoms with Gasteiger partial charge in [-0.2, -0.15) is 0 Å². The maximum atomic E-state index is 9.29. The summed E-state index contributed by atoms with van der Waals surface area (Å²) in [7, 11) is 0. The van der Waals surface area contributed by atoms with Gasteiger partial charge < -0.3 is 20.7 Å². The molecule has 13 heavy (non-hydrogen) atoms. The molecule has 0 radical (unpaired) electrons. The normalized spacial score (nSPS) is 9.92. The van der Waals surface area contributed by atoms with E-state index in [1.54, 1.807) is 12.1 Å². The smallest absolute Gasteiger partial charge is 0.200 e. The molecule has 0 amide bonds. The third-order valence-corrected chi connectivity index (χ3v) is 1.58. The predicted octanol–water partition coefficient (Wildman–Crippen LogP) is 0.825. The van der Waals surface area contributed by atoms with Crippen LogP contribution in [0.2, 0.25) is 0 Å².